The van der Waals surface area contributed by atoms with E-state index in [1.165, 1.54) is 29.4 Å². The first-order valence-electron chi connectivity index (χ1n) is 7.07. The number of carbonyl (C=O) groups is 2. The van der Waals surface area contributed by atoms with Gasteiger partial charge in [0.15, 0.2) is 0 Å². The Morgan fingerprint density at radius 1 is 1.05 bits per heavy atom. The molecular weight excluding hydrogens is 306 g/mol. The van der Waals surface area contributed by atoms with Gasteiger partial charge in [0, 0.05) is 13.1 Å². The smallest absolute Gasteiger partial charge is 0.243 e. The minimum atomic E-state index is -3.62. The normalized spacial score (nSPS) is 18.5. The zero-order valence-electron chi connectivity index (χ0n) is 12.7. The van der Waals surface area contributed by atoms with Gasteiger partial charge in [0.1, 0.15) is 5.92 Å². The summed E-state index contributed by atoms with van der Waals surface area (Å²) in [5.41, 5.74) is 0.678. The molecule has 0 bridgehead atoms. The van der Waals surface area contributed by atoms with Gasteiger partial charge in [-0.25, -0.2) is 8.42 Å². The summed E-state index contributed by atoms with van der Waals surface area (Å²) in [7, 11) is -3.62. The highest BCUT2D eigenvalue weighted by atomic mass is 32.2. The average Bonchev–Trinajstić information content (AvgIpc) is 2.58. The van der Waals surface area contributed by atoms with Gasteiger partial charge < -0.3 is 10.6 Å². The number of sulfonamides is 1. The average molecular weight is 325 g/mol. The van der Waals surface area contributed by atoms with E-state index in [-0.39, 0.29) is 10.6 Å². The highest BCUT2D eigenvalue weighted by Crippen LogP contribution is 2.29. The first kappa shape index (κ1) is 16.4. The first-order chi connectivity index (χ1) is 10.3. The van der Waals surface area contributed by atoms with Crippen molar-refractivity contribution >= 4 is 33.2 Å². The number of fused-ring (bicyclic) bond motifs is 1. The predicted octanol–water partition coefficient (Wildman–Crippen LogP) is 1.24. The lowest BCUT2D eigenvalue weighted by Gasteiger charge is -2.19. The number of benzene rings is 1. The molecule has 0 saturated heterocycles. The van der Waals surface area contributed by atoms with Crippen LogP contribution in [0.15, 0.2) is 23.1 Å². The molecule has 0 saturated carbocycles. The molecule has 2 N–H and O–H groups in total. The van der Waals surface area contributed by atoms with Gasteiger partial charge in [-0.2, -0.15) is 4.31 Å². The fraction of sp³-hybridized carbons (Fsp3) is 0.429. The zero-order valence-corrected chi connectivity index (χ0v) is 13.5. The molecule has 1 aromatic rings. The Balaban J connectivity index is 2.47. The van der Waals surface area contributed by atoms with E-state index < -0.39 is 27.8 Å². The van der Waals surface area contributed by atoms with Crippen molar-refractivity contribution in [2.75, 3.05) is 23.7 Å². The van der Waals surface area contributed by atoms with Crippen LogP contribution < -0.4 is 10.6 Å². The van der Waals surface area contributed by atoms with Gasteiger partial charge in [-0.1, -0.05) is 13.8 Å². The van der Waals surface area contributed by atoms with Crippen molar-refractivity contribution in [2.45, 2.75) is 25.7 Å². The summed E-state index contributed by atoms with van der Waals surface area (Å²) < 4.78 is 26.3. The monoisotopic (exact) mass is 325 g/mol. The van der Waals surface area contributed by atoms with Gasteiger partial charge in [0.25, 0.3) is 0 Å². The second-order valence-corrected chi connectivity index (χ2v) is 6.93. The number of carbonyl (C=O) groups excluding carboxylic acids is 2. The summed E-state index contributed by atoms with van der Waals surface area (Å²) in [6.45, 7) is 5.72. The molecule has 1 aromatic carbocycles. The Kier molecular flexibility index (Phi) is 4.52. The minimum Gasteiger partial charge on any atom is -0.324 e. The maximum absolute atomic E-state index is 12.5. The van der Waals surface area contributed by atoms with Crippen LogP contribution in [-0.4, -0.2) is 37.6 Å². The molecular formula is C14H19N3O4S. The summed E-state index contributed by atoms with van der Waals surface area (Å²) in [6, 6.07) is 4.29. The van der Waals surface area contributed by atoms with E-state index in [2.05, 4.69) is 10.6 Å². The Bertz CT molecular complexity index is 711. The molecule has 2 rings (SSSR count). The number of nitrogens with zero attached hydrogens (tertiary/aromatic N) is 1. The fourth-order valence-corrected chi connectivity index (χ4v) is 3.69. The molecule has 0 radical (unpaired) electrons. The quantitative estimate of drug-likeness (QED) is 0.814. The fourth-order valence-electron chi connectivity index (χ4n) is 2.21. The van der Waals surface area contributed by atoms with Crippen molar-refractivity contribution in [3.63, 3.8) is 0 Å². The van der Waals surface area contributed by atoms with Crippen molar-refractivity contribution in [1.82, 2.24) is 4.31 Å². The third-order valence-electron chi connectivity index (χ3n) is 3.64. The molecule has 1 aliphatic rings. The van der Waals surface area contributed by atoms with Gasteiger partial charge in [-0.3, -0.25) is 9.59 Å². The van der Waals surface area contributed by atoms with Crippen LogP contribution in [0.5, 0.6) is 0 Å². The van der Waals surface area contributed by atoms with Crippen molar-refractivity contribution < 1.29 is 18.0 Å². The second-order valence-electron chi connectivity index (χ2n) is 5.00. The number of amides is 2. The van der Waals surface area contributed by atoms with Gasteiger partial charge in [0.05, 0.1) is 16.3 Å². The highest BCUT2D eigenvalue weighted by molar-refractivity contribution is 7.89. The van der Waals surface area contributed by atoms with Crippen LogP contribution in [0.2, 0.25) is 0 Å². The lowest BCUT2D eigenvalue weighted by atomic mass is 10.1. The van der Waals surface area contributed by atoms with Crippen LogP contribution in [-0.2, 0) is 19.6 Å². The summed E-state index contributed by atoms with van der Waals surface area (Å²) >= 11 is 0. The SMILES string of the molecule is CCN(CC)S(=O)(=O)c1ccc2c(c1)NC(=O)[C@H](C)C(=O)N2. The van der Waals surface area contributed by atoms with Gasteiger partial charge in [-0.15, -0.1) is 0 Å². The van der Waals surface area contributed by atoms with E-state index in [4.69, 9.17) is 0 Å². The Labute approximate surface area is 129 Å². The Hall–Kier alpha value is -1.93. The maximum atomic E-state index is 12.5. The molecule has 7 nitrogen and oxygen atoms in total. The number of nitrogens with one attached hydrogen (secondary N) is 2. The van der Waals surface area contributed by atoms with Gasteiger partial charge in [0.2, 0.25) is 21.8 Å². The molecule has 1 atom stereocenters. The van der Waals surface area contributed by atoms with Crippen LogP contribution in [0.4, 0.5) is 11.4 Å². The second kappa shape index (κ2) is 6.05. The molecule has 8 heteroatoms. The molecule has 1 aliphatic heterocycles. The summed E-state index contributed by atoms with van der Waals surface area (Å²) in [5.74, 6) is -1.72. The number of rotatable bonds is 4. The molecule has 0 aliphatic carbocycles. The number of hydrogen-bond acceptors (Lipinski definition) is 4. The van der Waals surface area contributed by atoms with Crippen molar-refractivity contribution in [2.24, 2.45) is 5.92 Å². The molecule has 0 fully saturated rings. The molecule has 0 spiro atoms. The third-order valence-corrected chi connectivity index (χ3v) is 5.68. The van der Waals surface area contributed by atoms with Crippen LogP contribution in [0.1, 0.15) is 20.8 Å². The van der Waals surface area contributed by atoms with Crippen molar-refractivity contribution in [1.29, 1.82) is 0 Å². The minimum absolute atomic E-state index is 0.0825. The topological polar surface area (TPSA) is 95.6 Å². The van der Waals surface area contributed by atoms with Crippen LogP contribution >= 0.6 is 0 Å². The number of anilines is 2. The molecule has 1 heterocycles. The molecule has 0 unspecified atom stereocenters. The van der Waals surface area contributed by atoms with E-state index in [1.807, 2.05) is 0 Å². The largest absolute Gasteiger partial charge is 0.324 e. The summed E-state index contributed by atoms with van der Waals surface area (Å²) in [4.78, 5) is 23.7. The first-order valence-corrected chi connectivity index (χ1v) is 8.51. The van der Waals surface area contributed by atoms with Crippen molar-refractivity contribution in [3.05, 3.63) is 18.2 Å². The van der Waals surface area contributed by atoms with Gasteiger partial charge >= 0.3 is 0 Å². The van der Waals surface area contributed by atoms with Crippen molar-refractivity contribution in [3.8, 4) is 0 Å². The standard InChI is InChI=1S/C14H19N3O4S/c1-4-17(5-2)22(20,21)10-6-7-11-12(8-10)16-14(19)9(3)13(18)15-11/h6-9H,4-5H2,1-3H3,(H,15,18)(H,16,19)/t9-/m1/s1. The Morgan fingerprint density at radius 3 is 2.14 bits per heavy atom. The summed E-state index contributed by atoms with van der Waals surface area (Å²) in [6.07, 6.45) is 0. The van der Waals surface area contributed by atoms with E-state index in [9.17, 15) is 18.0 Å². The molecule has 2 amide bonds. The van der Waals surface area contributed by atoms with E-state index >= 15 is 0 Å². The van der Waals surface area contributed by atoms with Crippen LogP contribution in [0.3, 0.4) is 0 Å². The van der Waals surface area contributed by atoms with E-state index in [0.717, 1.165) is 0 Å². The summed E-state index contributed by atoms with van der Waals surface area (Å²) in [5, 5.41) is 5.19. The molecule has 22 heavy (non-hydrogen) atoms. The number of hydrogen-bond donors (Lipinski definition) is 2. The third kappa shape index (κ3) is 2.84. The lowest BCUT2D eigenvalue weighted by molar-refractivity contribution is -0.128. The van der Waals surface area contributed by atoms with E-state index in [1.54, 1.807) is 13.8 Å². The van der Waals surface area contributed by atoms with E-state index in [0.29, 0.717) is 18.8 Å². The predicted molar refractivity (Wildman–Crippen MR) is 83.0 cm³/mol. The molecule has 120 valence electrons. The van der Waals surface area contributed by atoms with Crippen LogP contribution in [0.25, 0.3) is 0 Å². The zero-order chi connectivity index (χ0) is 16.5. The maximum Gasteiger partial charge on any atom is 0.243 e. The van der Waals surface area contributed by atoms with Gasteiger partial charge in [-0.05, 0) is 25.1 Å². The Morgan fingerprint density at radius 2 is 1.59 bits per heavy atom. The highest BCUT2D eigenvalue weighted by Gasteiger charge is 2.28. The molecule has 0 aromatic heterocycles. The lowest BCUT2D eigenvalue weighted by Crippen LogP contribution is -2.30. The van der Waals surface area contributed by atoms with Crippen LogP contribution in [0, 0.1) is 5.92 Å².